The summed E-state index contributed by atoms with van der Waals surface area (Å²) in [5.41, 5.74) is -1.63. The molecule has 0 saturated carbocycles. The molecule has 0 radical (unpaired) electrons. The van der Waals surface area contributed by atoms with E-state index >= 15 is 0 Å². The smallest absolute Gasteiger partial charge is 0.379 e. The molecule has 1 N–H and O–H groups in total. The number of carbonyl (C=O) groups excluding carboxylic acids is 1. The third-order valence-corrected chi connectivity index (χ3v) is 2.72. The summed E-state index contributed by atoms with van der Waals surface area (Å²) in [6.07, 6.45) is -3.23. The Bertz CT molecular complexity index is 553. The molecule has 124 valence electrons. The second-order valence-corrected chi connectivity index (χ2v) is 5.00. The molecule has 0 unspecified atom stereocenters. The predicted octanol–water partition coefficient (Wildman–Crippen LogP) is 1.80. The standard InChI is InChI=1S/C14H19F3N2O3/c1-10(2)22-7-3-6-18-12(20)9-19-8-11(14(15,16)17)4-5-13(19)21/h4-5,8,10H,3,6-7,9H2,1-2H3,(H,18,20). The minimum atomic E-state index is -4.56. The van der Waals surface area contributed by atoms with Crippen LogP contribution in [0.4, 0.5) is 13.2 Å². The molecule has 1 heterocycles. The molecule has 0 saturated heterocycles. The van der Waals surface area contributed by atoms with Crippen LogP contribution >= 0.6 is 0 Å². The minimum absolute atomic E-state index is 0.0967. The zero-order valence-electron chi connectivity index (χ0n) is 12.4. The summed E-state index contributed by atoms with van der Waals surface area (Å²) in [6.45, 7) is 4.13. The maximum Gasteiger partial charge on any atom is 0.417 e. The number of amides is 1. The molecule has 22 heavy (non-hydrogen) atoms. The van der Waals surface area contributed by atoms with E-state index in [1.165, 1.54) is 0 Å². The van der Waals surface area contributed by atoms with Crippen molar-refractivity contribution >= 4 is 5.91 Å². The van der Waals surface area contributed by atoms with Crippen LogP contribution in [0.25, 0.3) is 0 Å². The van der Waals surface area contributed by atoms with Crippen molar-refractivity contribution in [3.05, 3.63) is 34.2 Å². The molecular weight excluding hydrogens is 301 g/mol. The monoisotopic (exact) mass is 320 g/mol. The summed E-state index contributed by atoms with van der Waals surface area (Å²) in [5.74, 6) is -0.522. The van der Waals surface area contributed by atoms with Crippen molar-refractivity contribution in [2.45, 2.75) is 39.1 Å². The first kappa shape index (κ1) is 18.2. The van der Waals surface area contributed by atoms with Gasteiger partial charge in [0.2, 0.25) is 5.91 Å². The van der Waals surface area contributed by atoms with Gasteiger partial charge in [-0.3, -0.25) is 9.59 Å². The summed E-state index contributed by atoms with van der Waals surface area (Å²) < 4.78 is 43.7. The van der Waals surface area contributed by atoms with Crippen LogP contribution in [0.5, 0.6) is 0 Å². The summed E-state index contributed by atoms with van der Waals surface area (Å²) in [4.78, 5) is 23.1. The Morgan fingerprint density at radius 3 is 2.64 bits per heavy atom. The normalized spacial score (nSPS) is 11.7. The molecule has 5 nitrogen and oxygen atoms in total. The fourth-order valence-corrected chi connectivity index (χ4v) is 1.65. The summed E-state index contributed by atoms with van der Waals surface area (Å²) >= 11 is 0. The van der Waals surface area contributed by atoms with Gasteiger partial charge in [0.25, 0.3) is 5.56 Å². The molecule has 0 aromatic carbocycles. The van der Waals surface area contributed by atoms with Gasteiger partial charge in [-0.15, -0.1) is 0 Å². The molecular formula is C14H19F3N2O3. The van der Waals surface area contributed by atoms with Crippen LogP contribution in [0.2, 0.25) is 0 Å². The maximum absolute atomic E-state index is 12.6. The van der Waals surface area contributed by atoms with Crippen LogP contribution in [0.3, 0.4) is 0 Å². The third kappa shape index (κ3) is 6.30. The van der Waals surface area contributed by atoms with Gasteiger partial charge < -0.3 is 14.6 Å². The van der Waals surface area contributed by atoms with Crippen molar-refractivity contribution < 1.29 is 22.7 Å². The van der Waals surface area contributed by atoms with Crippen LogP contribution < -0.4 is 10.9 Å². The number of rotatable bonds is 7. The second-order valence-electron chi connectivity index (χ2n) is 5.00. The van der Waals surface area contributed by atoms with E-state index in [1.807, 2.05) is 13.8 Å². The number of pyridine rings is 1. The number of aromatic nitrogens is 1. The highest BCUT2D eigenvalue weighted by Gasteiger charge is 2.31. The number of nitrogens with zero attached hydrogens (tertiary/aromatic N) is 1. The van der Waals surface area contributed by atoms with Crippen LogP contribution in [0.1, 0.15) is 25.8 Å². The molecule has 0 aliphatic carbocycles. The van der Waals surface area contributed by atoms with Gasteiger partial charge >= 0.3 is 6.18 Å². The molecule has 1 aromatic heterocycles. The summed E-state index contributed by atoms with van der Waals surface area (Å²) in [5, 5.41) is 2.53. The third-order valence-electron chi connectivity index (χ3n) is 2.72. The Hall–Kier alpha value is -1.83. The molecule has 1 aromatic rings. The van der Waals surface area contributed by atoms with Gasteiger partial charge in [-0.05, 0) is 26.3 Å². The maximum atomic E-state index is 12.6. The average Bonchev–Trinajstić information content (AvgIpc) is 2.39. The van der Waals surface area contributed by atoms with E-state index < -0.39 is 29.8 Å². The highest BCUT2D eigenvalue weighted by Crippen LogP contribution is 2.27. The second kappa shape index (κ2) is 7.98. The van der Waals surface area contributed by atoms with Gasteiger partial charge in [-0.2, -0.15) is 13.2 Å². The van der Waals surface area contributed by atoms with Crippen molar-refractivity contribution in [2.75, 3.05) is 13.2 Å². The van der Waals surface area contributed by atoms with E-state index in [1.54, 1.807) is 0 Å². The first-order chi connectivity index (χ1) is 10.2. The lowest BCUT2D eigenvalue weighted by atomic mass is 10.2. The first-order valence-electron chi connectivity index (χ1n) is 6.86. The number of ether oxygens (including phenoxy) is 1. The lowest BCUT2D eigenvalue weighted by molar-refractivity contribution is -0.138. The van der Waals surface area contributed by atoms with Crippen molar-refractivity contribution in [2.24, 2.45) is 0 Å². The average molecular weight is 320 g/mol. The van der Waals surface area contributed by atoms with Crippen LogP contribution in [0.15, 0.2) is 23.1 Å². The Morgan fingerprint density at radius 2 is 2.05 bits per heavy atom. The fourth-order valence-electron chi connectivity index (χ4n) is 1.65. The van der Waals surface area contributed by atoms with Gasteiger partial charge in [-0.1, -0.05) is 0 Å². The van der Waals surface area contributed by atoms with Gasteiger partial charge in [0.05, 0.1) is 11.7 Å². The highest BCUT2D eigenvalue weighted by atomic mass is 19.4. The zero-order chi connectivity index (χ0) is 16.8. The first-order valence-corrected chi connectivity index (χ1v) is 6.86. The quantitative estimate of drug-likeness (QED) is 0.779. The Kier molecular flexibility index (Phi) is 6.61. The lowest BCUT2D eigenvalue weighted by Gasteiger charge is -2.11. The topological polar surface area (TPSA) is 60.3 Å². The van der Waals surface area contributed by atoms with E-state index in [0.29, 0.717) is 31.8 Å². The number of hydrogen-bond acceptors (Lipinski definition) is 3. The van der Waals surface area contributed by atoms with E-state index in [2.05, 4.69) is 5.32 Å². The molecule has 0 fully saturated rings. The molecule has 1 amide bonds. The number of nitrogens with one attached hydrogen (secondary N) is 1. The van der Waals surface area contributed by atoms with Gasteiger partial charge in [0.15, 0.2) is 0 Å². The van der Waals surface area contributed by atoms with Crippen molar-refractivity contribution in [1.29, 1.82) is 0 Å². The van der Waals surface area contributed by atoms with Crippen LogP contribution in [-0.2, 0) is 22.3 Å². The zero-order valence-corrected chi connectivity index (χ0v) is 12.4. The van der Waals surface area contributed by atoms with Crippen molar-refractivity contribution in [1.82, 2.24) is 9.88 Å². The number of alkyl halides is 3. The van der Waals surface area contributed by atoms with Crippen molar-refractivity contribution in [3.8, 4) is 0 Å². The molecule has 0 spiro atoms. The Labute approximate surface area is 126 Å². The molecule has 0 bridgehead atoms. The predicted molar refractivity (Wildman–Crippen MR) is 74.4 cm³/mol. The molecule has 0 aliphatic heterocycles. The van der Waals surface area contributed by atoms with E-state index in [9.17, 15) is 22.8 Å². The van der Waals surface area contributed by atoms with Gasteiger partial charge in [0, 0.05) is 25.4 Å². The SMILES string of the molecule is CC(C)OCCCNC(=O)Cn1cc(C(F)(F)F)ccc1=O. The summed E-state index contributed by atoms with van der Waals surface area (Å²) in [7, 11) is 0. The fraction of sp³-hybridized carbons (Fsp3) is 0.571. The molecule has 0 aliphatic rings. The minimum Gasteiger partial charge on any atom is -0.379 e. The largest absolute Gasteiger partial charge is 0.417 e. The van der Waals surface area contributed by atoms with Crippen LogP contribution in [0, 0.1) is 0 Å². The van der Waals surface area contributed by atoms with E-state index in [-0.39, 0.29) is 6.10 Å². The molecule has 0 atom stereocenters. The number of halogens is 3. The summed E-state index contributed by atoms with van der Waals surface area (Å²) in [6, 6.07) is 1.49. The number of carbonyl (C=O) groups is 1. The van der Waals surface area contributed by atoms with Gasteiger partial charge in [-0.25, -0.2) is 0 Å². The highest BCUT2D eigenvalue weighted by molar-refractivity contribution is 5.75. The molecule has 8 heteroatoms. The van der Waals surface area contributed by atoms with Crippen molar-refractivity contribution in [3.63, 3.8) is 0 Å². The van der Waals surface area contributed by atoms with E-state index in [4.69, 9.17) is 4.74 Å². The lowest BCUT2D eigenvalue weighted by Crippen LogP contribution is -2.33. The van der Waals surface area contributed by atoms with Crippen LogP contribution in [-0.4, -0.2) is 29.7 Å². The Morgan fingerprint density at radius 1 is 1.36 bits per heavy atom. The number of hydrogen-bond donors (Lipinski definition) is 1. The van der Waals surface area contributed by atoms with E-state index in [0.717, 1.165) is 10.6 Å². The van der Waals surface area contributed by atoms with Gasteiger partial charge in [0.1, 0.15) is 6.54 Å². The Balaban J connectivity index is 2.52. The molecule has 1 rings (SSSR count).